The van der Waals surface area contributed by atoms with Gasteiger partial charge in [-0.2, -0.15) is 0 Å². The van der Waals surface area contributed by atoms with Gasteiger partial charge in [0.1, 0.15) is 5.75 Å². The van der Waals surface area contributed by atoms with Crippen LogP contribution in [0.1, 0.15) is 12.0 Å². The zero-order valence-corrected chi connectivity index (χ0v) is 12.6. The second kappa shape index (κ2) is 9.19. The molecule has 0 aromatic heterocycles. The zero-order valence-electron chi connectivity index (χ0n) is 10.2. The van der Waals surface area contributed by atoms with Crippen LogP contribution in [0.3, 0.4) is 0 Å². The highest BCUT2D eigenvalue weighted by Crippen LogP contribution is 2.23. The molecule has 0 bridgehead atoms. The number of halogens is 2. The molecule has 0 atom stereocenters. The summed E-state index contributed by atoms with van der Waals surface area (Å²) in [5.41, 5.74) is 6.22. The van der Waals surface area contributed by atoms with E-state index in [1.807, 2.05) is 18.2 Å². The Morgan fingerprint density at radius 1 is 1.50 bits per heavy atom. The predicted octanol–water partition coefficient (Wildman–Crippen LogP) is 1.89. The van der Waals surface area contributed by atoms with Crippen molar-refractivity contribution in [2.24, 2.45) is 5.73 Å². The van der Waals surface area contributed by atoms with Crippen LogP contribution in [0.5, 0.6) is 5.75 Å². The molecular weight excluding hydrogens is 320 g/mol. The zero-order chi connectivity index (χ0) is 12.7. The molecule has 0 aliphatic rings. The Morgan fingerprint density at radius 3 is 2.83 bits per heavy atom. The minimum absolute atomic E-state index is 0. The largest absolute Gasteiger partial charge is 0.496 e. The SMILES string of the molecule is COc1ccc(Br)cc1CC(=O)NCCCN.Cl. The van der Waals surface area contributed by atoms with Crippen LogP contribution in [0.2, 0.25) is 0 Å². The molecule has 102 valence electrons. The second-order valence-corrected chi connectivity index (χ2v) is 4.54. The molecule has 4 nitrogen and oxygen atoms in total. The lowest BCUT2D eigenvalue weighted by Crippen LogP contribution is -2.27. The first-order chi connectivity index (χ1) is 8.17. The number of nitrogens with one attached hydrogen (secondary N) is 1. The maximum atomic E-state index is 11.6. The number of amides is 1. The third-order valence-corrected chi connectivity index (χ3v) is 2.79. The Morgan fingerprint density at radius 2 is 2.22 bits per heavy atom. The fourth-order valence-corrected chi connectivity index (χ4v) is 1.86. The summed E-state index contributed by atoms with van der Waals surface area (Å²) in [4.78, 5) is 11.6. The third-order valence-electron chi connectivity index (χ3n) is 2.30. The van der Waals surface area contributed by atoms with Crippen LogP contribution in [0.25, 0.3) is 0 Å². The molecule has 0 saturated heterocycles. The molecular formula is C12H18BrClN2O2. The molecule has 1 amide bonds. The van der Waals surface area contributed by atoms with Gasteiger partial charge in [-0.05, 0) is 31.2 Å². The maximum Gasteiger partial charge on any atom is 0.224 e. The molecule has 1 aromatic carbocycles. The summed E-state index contributed by atoms with van der Waals surface area (Å²) in [7, 11) is 1.60. The molecule has 0 unspecified atom stereocenters. The minimum atomic E-state index is -0.0187. The van der Waals surface area contributed by atoms with Gasteiger partial charge in [0.2, 0.25) is 5.91 Å². The van der Waals surface area contributed by atoms with Gasteiger partial charge in [0.05, 0.1) is 13.5 Å². The van der Waals surface area contributed by atoms with Crippen LogP contribution in [0.4, 0.5) is 0 Å². The number of carbonyl (C=O) groups is 1. The Hall–Kier alpha value is -0.780. The lowest BCUT2D eigenvalue weighted by molar-refractivity contribution is -0.120. The number of rotatable bonds is 6. The highest BCUT2D eigenvalue weighted by atomic mass is 79.9. The number of benzene rings is 1. The van der Waals surface area contributed by atoms with Crippen molar-refractivity contribution < 1.29 is 9.53 Å². The van der Waals surface area contributed by atoms with Crippen molar-refractivity contribution in [3.8, 4) is 5.75 Å². The minimum Gasteiger partial charge on any atom is -0.496 e. The van der Waals surface area contributed by atoms with Crippen molar-refractivity contribution in [1.82, 2.24) is 5.32 Å². The van der Waals surface area contributed by atoms with Gasteiger partial charge in [0.25, 0.3) is 0 Å². The van der Waals surface area contributed by atoms with Gasteiger partial charge in [-0.1, -0.05) is 15.9 Å². The molecule has 0 aliphatic carbocycles. The Bertz CT molecular complexity index is 388. The fourth-order valence-electron chi connectivity index (χ4n) is 1.45. The van der Waals surface area contributed by atoms with Crippen molar-refractivity contribution in [1.29, 1.82) is 0 Å². The number of carbonyl (C=O) groups excluding carboxylic acids is 1. The Labute approximate surface area is 122 Å². The van der Waals surface area contributed by atoms with Crippen LogP contribution in [-0.2, 0) is 11.2 Å². The smallest absolute Gasteiger partial charge is 0.224 e. The molecule has 0 heterocycles. The second-order valence-electron chi connectivity index (χ2n) is 3.63. The van der Waals surface area contributed by atoms with E-state index in [2.05, 4.69) is 21.2 Å². The molecule has 1 rings (SSSR count). The lowest BCUT2D eigenvalue weighted by Gasteiger charge is -2.09. The van der Waals surface area contributed by atoms with E-state index in [0.717, 1.165) is 22.2 Å². The monoisotopic (exact) mass is 336 g/mol. The third kappa shape index (κ3) is 5.71. The van der Waals surface area contributed by atoms with Crippen LogP contribution >= 0.6 is 28.3 Å². The van der Waals surface area contributed by atoms with Crippen molar-refractivity contribution in [2.45, 2.75) is 12.8 Å². The predicted molar refractivity (Wildman–Crippen MR) is 78.3 cm³/mol. The lowest BCUT2D eigenvalue weighted by atomic mass is 10.1. The van der Waals surface area contributed by atoms with E-state index in [-0.39, 0.29) is 18.3 Å². The van der Waals surface area contributed by atoms with Crippen molar-refractivity contribution >= 4 is 34.2 Å². The topological polar surface area (TPSA) is 64.3 Å². The average molecular weight is 338 g/mol. The van der Waals surface area contributed by atoms with Crippen molar-refractivity contribution in [2.75, 3.05) is 20.2 Å². The molecule has 0 spiro atoms. The Kier molecular flexibility index (Phi) is 8.79. The van der Waals surface area contributed by atoms with Gasteiger partial charge in [-0.3, -0.25) is 4.79 Å². The van der Waals surface area contributed by atoms with Gasteiger partial charge >= 0.3 is 0 Å². The first-order valence-electron chi connectivity index (χ1n) is 5.46. The van der Waals surface area contributed by atoms with E-state index in [1.54, 1.807) is 7.11 Å². The summed E-state index contributed by atoms with van der Waals surface area (Å²) < 4.78 is 6.14. The number of hydrogen-bond acceptors (Lipinski definition) is 3. The summed E-state index contributed by atoms with van der Waals surface area (Å²) in [6.45, 7) is 1.20. The summed E-state index contributed by atoms with van der Waals surface area (Å²) in [6.07, 6.45) is 1.11. The Balaban J connectivity index is 0.00000289. The summed E-state index contributed by atoms with van der Waals surface area (Å²) in [6, 6.07) is 5.61. The standard InChI is InChI=1S/C12H17BrN2O2.ClH/c1-17-11-4-3-10(13)7-9(11)8-12(16)15-6-2-5-14;/h3-4,7H,2,5-6,8,14H2,1H3,(H,15,16);1H. The number of nitrogens with two attached hydrogens (primary N) is 1. The van der Waals surface area contributed by atoms with Gasteiger partial charge in [-0.15, -0.1) is 12.4 Å². The molecule has 18 heavy (non-hydrogen) atoms. The van der Waals surface area contributed by atoms with Crippen molar-refractivity contribution in [3.05, 3.63) is 28.2 Å². The van der Waals surface area contributed by atoms with Gasteiger partial charge in [-0.25, -0.2) is 0 Å². The highest BCUT2D eigenvalue weighted by molar-refractivity contribution is 9.10. The van der Waals surface area contributed by atoms with E-state index in [9.17, 15) is 4.79 Å². The quantitative estimate of drug-likeness (QED) is 0.779. The van der Waals surface area contributed by atoms with E-state index in [1.165, 1.54) is 0 Å². The molecule has 0 fully saturated rings. The number of methoxy groups -OCH3 is 1. The number of ether oxygens (including phenoxy) is 1. The fraction of sp³-hybridized carbons (Fsp3) is 0.417. The summed E-state index contributed by atoms with van der Waals surface area (Å²) >= 11 is 3.38. The summed E-state index contributed by atoms with van der Waals surface area (Å²) in [5.74, 6) is 0.706. The molecule has 0 radical (unpaired) electrons. The van der Waals surface area contributed by atoms with E-state index < -0.39 is 0 Å². The van der Waals surface area contributed by atoms with Crippen LogP contribution in [0.15, 0.2) is 22.7 Å². The van der Waals surface area contributed by atoms with Crippen molar-refractivity contribution in [3.63, 3.8) is 0 Å². The molecule has 0 aliphatic heterocycles. The molecule has 1 aromatic rings. The average Bonchev–Trinajstić information content (AvgIpc) is 2.29. The summed E-state index contributed by atoms with van der Waals surface area (Å²) in [5, 5.41) is 2.81. The van der Waals surface area contributed by atoms with Gasteiger partial charge in [0.15, 0.2) is 0 Å². The van der Waals surface area contributed by atoms with Gasteiger partial charge < -0.3 is 15.8 Å². The highest BCUT2D eigenvalue weighted by Gasteiger charge is 2.08. The van der Waals surface area contributed by atoms with Crippen LogP contribution in [0, 0.1) is 0 Å². The molecule has 0 saturated carbocycles. The van der Waals surface area contributed by atoms with E-state index in [4.69, 9.17) is 10.5 Å². The van der Waals surface area contributed by atoms with Crippen LogP contribution < -0.4 is 15.8 Å². The molecule has 6 heteroatoms. The first-order valence-corrected chi connectivity index (χ1v) is 6.26. The van der Waals surface area contributed by atoms with E-state index >= 15 is 0 Å². The van der Waals surface area contributed by atoms with E-state index in [0.29, 0.717) is 19.5 Å². The van der Waals surface area contributed by atoms with Gasteiger partial charge in [0, 0.05) is 16.6 Å². The maximum absolute atomic E-state index is 11.6. The van der Waals surface area contributed by atoms with Crippen LogP contribution in [-0.4, -0.2) is 26.1 Å². The number of hydrogen-bond donors (Lipinski definition) is 2. The normalized spacial score (nSPS) is 9.50. The molecule has 3 N–H and O–H groups in total. The first kappa shape index (κ1) is 17.2.